The Morgan fingerprint density at radius 3 is 2.40 bits per heavy atom. The summed E-state index contributed by atoms with van der Waals surface area (Å²) in [5.41, 5.74) is 0.616. The number of thiol groups is 1. The minimum atomic E-state index is 0.616. The maximum absolute atomic E-state index is 4.20. The SMILES string of the molecule is CC1(CSS)CCCCC1. The van der Waals surface area contributed by atoms with E-state index in [2.05, 4.69) is 18.6 Å². The molecule has 0 aromatic rings. The predicted molar refractivity (Wildman–Crippen MR) is 52.6 cm³/mol. The number of rotatable bonds is 2. The van der Waals surface area contributed by atoms with Crippen LogP contribution in [0.15, 0.2) is 0 Å². The van der Waals surface area contributed by atoms with E-state index < -0.39 is 0 Å². The highest BCUT2D eigenvalue weighted by molar-refractivity contribution is 8.68. The van der Waals surface area contributed by atoms with Crippen LogP contribution >= 0.6 is 22.5 Å². The van der Waals surface area contributed by atoms with Gasteiger partial charge in [0.15, 0.2) is 0 Å². The molecule has 0 radical (unpaired) electrons. The normalized spacial score (nSPS) is 24.6. The largest absolute Gasteiger partial charge is 0.111 e. The van der Waals surface area contributed by atoms with E-state index in [1.807, 2.05) is 0 Å². The zero-order valence-electron chi connectivity index (χ0n) is 6.60. The van der Waals surface area contributed by atoms with Gasteiger partial charge in [0.1, 0.15) is 0 Å². The molecule has 10 heavy (non-hydrogen) atoms. The smallest absolute Gasteiger partial charge is 0.00885 e. The van der Waals surface area contributed by atoms with E-state index in [4.69, 9.17) is 0 Å². The third-order valence-electron chi connectivity index (χ3n) is 2.47. The van der Waals surface area contributed by atoms with E-state index in [9.17, 15) is 0 Å². The van der Waals surface area contributed by atoms with Crippen molar-refractivity contribution in [1.29, 1.82) is 0 Å². The van der Waals surface area contributed by atoms with Crippen molar-refractivity contribution in [2.75, 3.05) is 5.75 Å². The third-order valence-corrected chi connectivity index (χ3v) is 3.69. The van der Waals surface area contributed by atoms with Crippen molar-refractivity contribution in [1.82, 2.24) is 0 Å². The maximum atomic E-state index is 4.20. The summed E-state index contributed by atoms with van der Waals surface area (Å²) in [7, 11) is 1.70. The average molecular weight is 176 g/mol. The maximum Gasteiger partial charge on any atom is 0.00885 e. The molecule has 0 atom stereocenters. The summed E-state index contributed by atoms with van der Waals surface area (Å²) in [5.74, 6) is 1.23. The van der Waals surface area contributed by atoms with Gasteiger partial charge in [-0.15, -0.1) is 11.7 Å². The molecule has 0 spiro atoms. The van der Waals surface area contributed by atoms with Crippen LogP contribution in [0.4, 0.5) is 0 Å². The van der Waals surface area contributed by atoms with Crippen LogP contribution in [0.5, 0.6) is 0 Å². The predicted octanol–water partition coefficient (Wildman–Crippen LogP) is 3.53. The Bertz CT molecular complexity index is 89.9. The van der Waals surface area contributed by atoms with Crippen LogP contribution in [0.25, 0.3) is 0 Å². The van der Waals surface area contributed by atoms with Gasteiger partial charge in [0.2, 0.25) is 0 Å². The monoisotopic (exact) mass is 176 g/mol. The molecule has 0 unspecified atom stereocenters. The highest BCUT2D eigenvalue weighted by Crippen LogP contribution is 2.38. The molecule has 0 heterocycles. The lowest BCUT2D eigenvalue weighted by molar-refractivity contribution is 0.252. The summed E-state index contributed by atoms with van der Waals surface area (Å²) in [6.07, 6.45) is 7.16. The summed E-state index contributed by atoms with van der Waals surface area (Å²) >= 11 is 4.20. The highest BCUT2D eigenvalue weighted by Gasteiger charge is 2.25. The lowest BCUT2D eigenvalue weighted by Gasteiger charge is -2.32. The van der Waals surface area contributed by atoms with Gasteiger partial charge in [0, 0.05) is 5.75 Å². The first-order valence-electron chi connectivity index (χ1n) is 4.03. The fourth-order valence-electron chi connectivity index (χ4n) is 1.71. The van der Waals surface area contributed by atoms with Gasteiger partial charge in [-0.3, -0.25) is 0 Å². The van der Waals surface area contributed by atoms with Crippen molar-refractivity contribution >= 4 is 22.5 Å². The Morgan fingerprint density at radius 2 is 1.90 bits per heavy atom. The van der Waals surface area contributed by atoms with E-state index in [1.165, 1.54) is 37.9 Å². The molecule has 1 rings (SSSR count). The molecule has 0 N–H and O–H groups in total. The van der Waals surface area contributed by atoms with E-state index in [0.717, 1.165) is 0 Å². The summed E-state index contributed by atoms with van der Waals surface area (Å²) in [6, 6.07) is 0. The molecule has 0 nitrogen and oxygen atoms in total. The molecular weight excluding hydrogens is 160 g/mol. The Kier molecular flexibility index (Phi) is 3.44. The van der Waals surface area contributed by atoms with Crippen LogP contribution < -0.4 is 0 Å². The topological polar surface area (TPSA) is 0 Å². The van der Waals surface area contributed by atoms with Gasteiger partial charge in [-0.2, -0.15) is 0 Å². The molecule has 1 fully saturated rings. The van der Waals surface area contributed by atoms with Crippen molar-refractivity contribution in [3.63, 3.8) is 0 Å². The number of hydrogen-bond acceptors (Lipinski definition) is 2. The van der Waals surface area contributed by atoms with Gasteiger partial charge in [-0.25, -0.2) is 0 Å². The summed E-state index contributed by atoms with van der Waals surface area (Å²) in [5, 5.41) is 0. The minimum Gasteiger partial charge on any atom is -0.111 e. The molecule has 1 aliphatic rings. The third kappa shape index (κ3) is 2.39. The summed E-state index contributed by atoms with van der Waals surface area (Å²) in [6.45, 7) is 2.40. The molecule has 0 aromatic heterocycles. The molecular formula is C8H16S2. The Hall–Kier alpha value is 0.700. The van der Waals surface area contributed by atoms with E-state index in [0.29, 0.717) is 5.41 Å². The first-order chi connectivity index (χ1) is 4.77. The standard InChI is InChI=1S/C8H16S2/c1-8(7-10-9)5-3-2-4-6-8/h9H,2-7H2,1H3. The summed E-state index contributed by atoms with van der Waals surface area (Å²) < 4.78 is 0. The highest BCUT2D eigenvalue weighted by atomic mass is 33.1. The molecule has 0 aromatic carbocycles. The van der Waals surface area contributed by atoms with Gasteiger partial charge in [-0.05, 0) is 18.3 Å². The Balaban J connectivity index is 2.32. The lowest BCUT2D eigenvalue weighted by Crippen LogP contribution is -2.22. The van der Waals surface area contributed by atoms with Crippen molar-refractivity contribution in [2.24, 2.45) is 5.41 Å². The zero-order chi connectivity index (χ0) is 7.45. The van der Waals surface area contributed by atoms with Crippen LogP contribution in [0, 0.1) is 5.41 Å². The van der Waals surface area contributed by atoms with Gasteiger partial charge in [0.05, 0.1) is 0 Å². The number of hydrogen-bond donors (Lipinski definition) is 1. The lowest BCUT2D eigenvalue weighted by atomic mass is 9.77. The first-order valence-corrected chi connectivity index (χ1v) is 6.07. The van der Waals surface area contributed by atoms with Crippen molar-refractivity contribution in [2.45, 2.75) is 39.0 Å². The van der Waals surface area contributed by atoms with Crippen molar-refractivity contribution in [3.8, 4) is 0 Å². The zero-order valence-corrected chi connectivity index (χ0v) is 8.31. The van der Waals surface area contributed by atoms with Crippen LogP contribution in [-0.4, -0.2) is 5.75 Å². The van der Waals surface area contributed by atoms with Crippen LogP contribution in [0.2, 0.25) is 0 Å². The second kappa shape index (κ2) is 3.91. The van der Waals surface area contributed by atoms with E-state index >= 15 is 0 Å². The van der Waals surface area contributed by atoms with E-state index in [1.54, 1.807) is 10.8 Å². The molecule has 0 saturated heterocycles. The Labute approximate surface area is 73.0 Å². The second-order valence-electron chi connectivity index (χ2n) is 3.64. The van der Waals surface area contributed by atoms with Crippen LogP contribution in [0.3, 0.4) is 0 Å². The molecule has 1 aliphatic carbocycles. The van der Waals surface area contributed by atoms with Gasteiger partial charge in [0.25, 0.3) is 0 Å². The molecule has 60 valence electrons. The molecule has 1 saturated carbocycles. The molecule has 0 aliphatic heterocycles. The second-order valence-corrected chi connectivity index (χ2v) is 4.97. The van der Waals surface area contributed by atoms with Gasteiger partial charge < -0.3 is 0 Å². The molecule has 0 bridgehead atoms. The fourth-order valence-corrected chi connectivity index (χ4v) is 3.24. The van der Waals surface area contributed by atoms with Gasteiger partial charge >= 0.3 is 0 Å². The van der Waals surface area contributed by atoms with Gasteiger partial charge in [-0.1, -0.05) is 37.0 Å². The van der Waals surface area contributed by atoms with Crippen molar-refractivity contribution in [3.05, 3.63) is 0 Å². The molecule has 2 heteroatoms. The minimum absolute atomic E-state index is 0.616. The quantitative estimate of drug-likeness (QED) is 0.496. The first kappa shape index (κ1) is 8.79. The van der Waals surface area contributed by atoms with Crippen LogP contribution in [0.1, 0.15) is 39.0 Å². The Morgan fingerprint density at radius 1 is 1.30 bits per heavy atom. The average Bonchev–Trinajstić information content (AvgIpc) is 1.89. The van der Waals surface area contributed by atoms with Crippen molar-refractivity contribution < 1.29 is 0 Å². The van der Waals surface area contributed by atoms with Crippen LogP contribution in [-0.2, 0) is 0 Å². The molecule has 0 amide bonds. The van der Waals surface area contributed by atoms with E-state index in [-0.39, 0.29) is 0 Å². The fraction of sp³-hybridized carbons (Fsp3) is 1.00. The summed E-state index contributed by atoms with van der Waals surface area (Å²) in [4.78, 5) is 0.